The van der Waals surface area contributed by atoms with Crippen molar-refractivity contribution in [3.05, 3.63) is 48.0 Å². The first kappa shape index (κ1) is 22.4. The molecule has 0 heterocycles. The second-order valence-electron chi connectivity index (χ2n) is 6.37. The second kappa shape index (κ2) is 10.5. The lowest BCUT2D eigenvalue weighted by Crippen LogP contribution is -2.62. The predicted molar refractivity (Wildman–Crippen MR) is 103 cm³/mol. The largest absolute Gasteiger partial charge is 0.464 e. The maximum Gasteiger partial charge on any atom is 0.344 e. The Morgan fingerprint density at radius 1 is 1.11 bits per heavy atom. The van der Waals surface area contributed by atoms with Crippen molar-refractivity contribution in [2.75, 3.05) is 13.2 Å². The van der Waals surface area contributed by atoms with Crippen LogP contribution in [0.5, 0.6) is 0 Å². The molecule has 0 radical (unpaired) electrons. The first-order valence-corrected chi connectivity index (χ1v) is 9.13. The number of benzene rings is 1. The van der Waals surface area contributed by atoms with Gasteiger partial charge in [-0.15, -0.1) is 6.58 Å². The van der Waals surface area contributed by atoms with E-state index in [0.717, 1.165) is 12.0 Å². The number of amides is 1. The van der Waals surface area contributed by atoms with Crippen LogP contribution < -0.4 is 5.32 Å². The van der Waals surface area contributed by atoms with Crippen LogP contribution in [0.2, 0.25) is 0 Å². The van der Waals surface area contributed by atoms with Gasteiger partial charge in [-0.3, -0.25) is 4.79 Å². The number of allylic oxidation sites excluding steroid dienone is 1. The lowest BCUT2D eigenvalue weighted by Gasteiger charge is -2.29. The molecule has 1 atom stereocenters. The molecule has 0 aliphatic carbocycles. The van der Waals surface area contributed by atoms with Crippen LogP contribution in [0.4, 0.5) is 0 Å². The van der Waals surface area contributed by atoms with E-state index >= 15 is 0 Å². The lowest BCUT2D eigenvalue weighted by atomic mass is 9.88. The molecule has 0 fully saturated rings. The lowest BCUT2D eigenvalue weighted by molar-refractivity contribution is -0.168. The number of rotatable bonds is 10. The van der Waals surface area contributed by atoms with Gasteiger partial charge in [0.25, 0.3) is 0 Å². The summed E-state index contributed by atoms with van der Waals surface area (Å²) in [6, 6.07) is 7.56. The Kier molecular flexibility index (Phi) is 8.72. The Bertz CT molecular complexity index is 648. The van der Waals surface area contributed by atoms with Crippen molar-refractivity contribution in [1.29, 1.82) is 0 Å². The number of nitrogens with one attached hydrogen (secondary N) is 1. The minimum Gasteiger partial charge on any atom is -0.464 e. The fraction of sp³-hybridized carbons (Fsp3) is 0.476. The highest BCUT2D eigenvalue weighted by Crippen LogP contribution is 2.23. The number of hydrogen-bond acceptors (Lipinski definition) is 5. The maximum absolute atomic E-state index is 12.6. The maximum atomic E-state index is 12.6. The topological polar surface area (TPSA) is 81.7 Å². The molecule has 148 valence electrons. The fourth-order valence-corrected chi connectivity index (χ4v) is 2.84. The van der Waals surface area contributed by atoms with Crippen LogP contribution >= 0.6 is 0 Å². The van der Waals surface area contributed by atoms with E-state index in [9.17, 15) is 14.4 Å². The van der Waals surface area contributed by atoms with Gasteiger partial charge < -0.3 is 14.8 Å². The average molecular weight is 375 g/mol. The monoisotopic (exact) mass is 375 g/mol. The highest BCUT2D eigenvalue weighted by Gasteiger charge is 2.50. The molecule has 1 aromatic carbocycles. The average Bonchev–Trinajstić information content (AvgIpc) is 2.61. The summed E-state index contributed by atoms with van der Waals surface area (Å²) >= 11 is 0. The molecular formula is C21H29NO5. The molecule has 0 aliphatic rings. The molecule has 27 heavy (non-hydrogen) atoms. The number of esters is 2. The summed E-state index contributed by atoms with van der Waals surface area (Å²) in [4.78, 5) is 37.0. The Balaban J connectivity index is 3.25. The molecule has 1 rings (SSSR count). The van der Waals surface area contributed by atoms with E-state index in [4.69, 9.17) is 9.47 Å². The van der Waals surface area contributed by atoms with Crippen molar-refractivity contribution >= 4 is 17.8 Å². The van der Waals surface area contributed by atoms with Crippen molar-refractivity contribution < 1.29 is 23.9 Å². The van der Waals surface area contributed by atoms with Crippen LogP contribution in [0.25, 0.3) is 0 Å². The summed E-state index contributed by atoms with van der Waals surface area (Å²) in [7, 11) is 0. The Morgan fingerprint density at radius 2 is 1.63 bits per heavy atom. The summed E-state index contributed by atoms with van der Waals surface area (Å²) in [6.45, 7) is 10.5. The zero-order valence-electron chi connectivity index (χ0n) is 16.5. The van der Waals surface area contributed by atoms with Crippen molar-refractivity contribution in [2.45, 2.75) is 52.0 Å². The van der Waals surface area contributed by atoms with Gasteiger partial charge in [-0.25, -0.2) is 9.59 Å². The Hall–Kier alpha value is -2.63. The summed E-state index contributed by atoms with van der Waals surface area (Å²) < 4.78 is 10.2. The molecule has 0 aliphatic heterocycles. The smallest absolute Gasteiger partial charge is 0.344 e. The normalized spacial score (nSPS) is 12.0. The van der Waals surface area contributed by atoms with Crippen molar-refractivity contribution in [3.8, 4) is 0 Å². The van der Waals surface area contributed by atoms with E-state index in [1.165, 1.54) is 6.92 Å². The molecule has 0 aromatic heterocycles. The van der Waals surface area contributed by atoms with Crippen LogP contribution in [0.3, 0.4) is 0 Å². The van der Waals surface area contributed by atoms with E-state index in [1.807, 2.05) is 30.3 Å². The fourth-order valence-electron chi connectivity index (χ4n) is 2.84. The first-order valence-electron chi connectivity index (χ1n) is 9.13. The third kappa shape index (κ3) is 5.94. The van der Waals surface area contributed by atoms with E-state index in [0.29, 0.717) is 11.5 Å². The van der Waals surface area contributed by atoms with Gasteiger partial charge in [-0.05, 0) is 37.3 Å². The number of ether oxygens (including phenoxy) is 2. The predicted octanol–water partition coefficient (Wildman–Crippen LogP) is 2.91. The molecule has 0 bridgehead atoms. The quantitative estimate of drug-likeness (QED) is 0.386. The van der Waals surface area contributed by atoms with E-state index in [-0.39, 0.29) is 19.6 Å². The van der Waals surface area contributed by atoms with Gasteiger partial charge in [0.15, 0.2) is 0 Å². The van der Waals surface area contributed by atoms with Crippen LogP contribution in [0.1, 0.15) is 51.2 Å². The minimum absolute atomic E-state index is 0.0552. The second-order valence-corrected chi connectivity index (χ2v) is 6.37. The zero-order valence-corrected chi connectivity index (χ0v) is 16.5. The Labute approximate surface area is 160 Å². The molecule has 1 aromatic rings. The van der Waals surface area contributed by atoms with Crippen LogP contribution in [-0.2, 0) is 30.3 Å². The summed E-state index contributed by atoms with van der Waals surface area (Å²) in [5, 5.41) is 2.47. The van der Waals surface area contributed by atoms with E-state index in [1.54, 1.807) is 13.8 Å². The highest BCUT2D eigenvalue weighted by molar-refractivity contribution is 6.08. The Morgan fingerprint density at radius 3 is 2.04 bits per heavy atom. The molecule has 1 unspecified atom stereocenters. The van der Waals surface area contributed by atoms with Crippen molar-refractivity contribution in [3.63, 3.8) is 0 Å². The van der Waals surface area contributed by atoms with Gasteiger partial charge in [-0.1, -0.05) is 37.3 Å². The van der Waals surface area contributed by atoms with E-state index < -0.39 is 23.4 Å². The minimum atomic E-state index is -1.91. The standard InChI is InChI=1S/C21H29NO5/c1-6-9-15(4)18-12-10-17(11-13-18)14-21(22-16(5)23,19(24)26-7-2)20(25)27-8-3/h6,10-13,15H,1,7-9,14H2,2-5H3,(H,22,23). The molecular weight excluding hydrogens is 346 g/mol. The molecule has 0 saturated heterocycles. The molecule has 1 amide bonds. The summed E-state index contributed by atoms with van der Waals surface area (Å²) in [6.07, 6.45) is 2.66. The van der Waals surface area contributed by atoms with Crippen LogP contribution in [-0.4, -0.2) is 36.6 Å². The third-order valence-electron chi connectivity index (χ3n) is 4.18. The number of hydrogen-bond donors (Lipinski definition) is 1. The van der Waals surface area contributed by atoms with Crippen molar-refractivity contribution in [1.82, 2.24) is 5.32 Å². The van der Waals surface area contributed by atoms with Crippen LogP contribution in [0, 0.1) is 0 Å². The molecule has 1 N–H and O–H groups in total. The van der Waals surface area contributed by atoms with E-state index in [2.05, 4.69) is 18.8 Å². The summed E-state index contributed by atoms with van der Waals surface area (Å²) in [5.74, 6) is -1.87. The molecule has 0 spiro atoms. The van der Waals surface area contributed by atoms with Gasteiger partial charge >= 0.3 is 11.9 Å². The van der Waals surface area contributed by atoms with Gasteiger partial charge in [-0.2, -0.15) is 0 Å². The first-order chi connectivity index (χ1) is 12.8. The third-order valence-corrected chi connectivity index (χ3v) is 4.18. The van der Waals surface area contributed by atoms with Crippen LogP contribution in [0.15, 0.2) is 36.9 Å². The SMILES string of the molecule is C=CCC(C)c1ccc(CC(NC(C)=O)(C(=O)OCC)C(=O)OCC)cc1. The molecule has 6 heteroatoms. The van der Waals surface area contributed by atoms with Gasteiger partial charge in [0.1, 0.15) is 0 Å². The zero-order chi connectivity index (χ0) is 20.4. The number of carbonyl (C=O) groups excluding carboxylic acids is 3. The molecule has 0 saturated carbocycles. The van der Waals surface area contributed by atoms with Gasteiger partial charge in [0, 0.05) is 13.3 Å². The van der Waals surface area contributed by atoms with Gasteiger partial charge in [0.05, 0.1) is 13.2 Å². The number of carbonyl (C=O) groups is 3. The van der Waals surface area contributed by atoms with Crippen molar-refractivity contribution in [2.24, 2.45) is 0 Å². The molecule has 6 nitrogen and oxygen atoms in total. The van der Waals surface area contributed by atoms with Gasteiger partial charge in [0.2, 0.25) is 11.4 Å². The highest BCUT2D eigenvalue weighted by atomic mass is 16.6. The summed E-state index contributed by atoms with van der Waals surface area (Å²) in [5.41, 5.74) is -0.0815.